The summed E-state index contributed by atoms with van der Waals surface area (Å²) in [4.78, 5) is 34.2. The number of hydrogen-bond donors (Lipinski definition) is 4. The van der Waals surface area contributed by atoms with Crippen LogP contribution in [0.25, 0.3) is 21.1 Å². The minimum absolute atomic E-state index is 0.0267. The SMILES string of the molecule is CC(C)C[C@H](NC(=O)[C@@H](CC(=O)c1nc2ccccc2s1)Cc1c[nH]c2ccccc12)B(O)O. The maximum atomic E-state index is 13.3. The molecule has 4 aromatic rings. The third kappa shape index (κ3) is 5.55. The molecule has 2 aromatic heterocycles. The zero-order valence-electron chi connectivity index (χ0n) is 19.2. The number of hydrogen-bond acceptors (Lipinski definition) is 6. The minimum atomic E-state index is -1.68. The third-order valence-electron chi connectivity index (χ3n) is 5.89. The van der Waals surface area contributed by atoms with E-state index in [2.05, 4.69) is 15.3 Å². The van der Waals surface area contributed by atoms with Crippen molar-refractivity contribution in [2.75, 3.05) is 0 Å². The second kappa shape index (κ2) is 10.5. The third-order valence-corrected chi connectivity index (χ3v) is 6.97. The Bertz CT molecular complexity index is 1270. The van der Waals surface area contributed by atoms with Crippen molar-refractivity contribution in [3.05, 3.63) is 65.3 Å². The summed E-state index contributed by atoms with van der Waals surface area (Å²) in [6, 6.07) is 15.3. The highest BCUT2D eigenvalue weighted by molar-refractivity contribution is 7.20. The topological polar surface area (TPSA) is 115 Å². The summed E-state index contributed by atoms with van der Waals surface area (Å²) in [5.74, 6) is -1.92. The normalized spacial score (nSPS) is 13.3. The van der Waals surface area contributed by atoms with Crippen molar-refractivity contribution >= 4 is 51.3 Å². The van der Waals surface area contributed by atoms with E-state index in [1.54, 1.807) is 0 Å². The molecule has 0 aliphatic rings. The van der Waals surface area contributed by atoms with Gasteiger partial charge in [-0.3, -0.25) is 9.59 Å². The average Bonchev–Trinajstić information content (AvgIpc) is 3.42. The van der Waals surface area contributed by atoms with E-state index in [1.165, 1.54) is 11.3 Å². The first-order valence-electron chi connectivity index (χ1n) is 11.4. The molecule has 34 heavy (non-hydrogen) atoms. The van der Waals surface area contributed by atoms with Crippen LogP contribution in [-0.4, -0.2) is 44.8 Å². The molecule has 0 bridgehead atoms. The van der Waals surface area contributed by atoms with Crippen LogP contribution in [0.15, 0.2) is 54.7 Å². The predicted molar refractivity (Wildman–Crippen MR) is 136 cm³/mol. The molecule has 2 heterocycles. The van der Waals surface area contributed by atoms with Gasteiger partial charge in [0.25, 0.3) is 0 Å². The average molecular weight is 477 g/mol. The van der Waals surface area contributed by atoms with E-state index < -0.39 is 19.0 Å². The highest BCUT2D eigenvalue weighted by Gasteiger charge is 2.31. The minimum Gasteiger partial charge on any atom is -0.426 e. The van der Waals surface area contributed by atoms with Crippen molar-refractivity contribution in [2.45, 2.75) is 39.1 Å². The van der Waals surface area contributed by atoms with Gasteiger partial charge in [-0.2, -0.15) is 0 Å². The van der Waals surface area contributed by atoms with Crippen LogP contribution in [0.2, 0.25) is 0 Å². The molecule has 176 valence electrons. The smallest absolute Gasteiger partial charge is 0.426 e. The maximum absolute atomic E-state index is 13.3. The Morgan fingerprint density at radius 1 is 1.12 bits per heavy atom. The van der Waals surface area contributed by atoms with Gasteiger partial charge in [-0.05, 0) is 42.5 Å². The Kier molecular flexibility index (Phi) is 7.46. The van der Waals surface area contributed by atoms with E-state index in [0.29, 0.717) is 17.8 Å². The molecular formula is C25H28BN3O4S. The van der Waals surface area contributed by atoms with Gasteiger partial charge >= 0.3 is 7.12 Å². The van der Waals surface area contributed by atoms with Crippen LogP contribution < -0.4 is 5.32 Å². The molecule has 1 amide bonds. The van der Waals surface area contributed by atoms with E-state index in [-0.39, 0.29) is 24.0 Å². The van der Waals surface area contributed by atoms with E-state index in [9.17, 15) is 19.6 Å². The summed E-state index contributed by atoms with van der Waals surface area (Å²) in [5.41, 5.74) is 2.64. The van der Waals surface area contributed by atoms with Gasteiger partial charge in [-0.15, -0.1) is 11.3 Å². The summed E-state index contributed by atoms with van der Waals surface area (Å²) >= 11 is 1.32. The number of carbonyl (C=O) groups excluding carboxylic acids is 2. The number of ketones is 1. The van der Waals surface area contributed by atoms with Crippen LogP contribution in [0.1, 0.15) is 42.1 Å². The van der Waals surface area contributed by atoms with E-state index in [4.69, 9.17) is 0 Å². The van der Waals surface area contributed by atoms with Crippen molar-refractivity contribution in [3.63, 3.8) is 0 Å². The van der Waals surface area contributed by atoms with Gasteiger partial charge < -0.3 is 20.3 Å². The lowest BCUT2D eigenvalue weighted by atomic mass is 9.74. The molecule has 7 nitrogen and oxygen atoms in total. The number of nitrogens with one attached hydrogen (secondary N) is 2. The van der Waals surface area contributed by atoms with Gasteiger partial charge in [0, 0.05) is 29.4 Å². The van der Waals surface area contributed by atoms with Crippen molar-refractivity contribution < 1.29 is 19.6 Å². The Balaban J connectivity index is 1.59. The number of nitrogens with zero attached hydrogens (tertiary/aromatic N) is 1. The van der Waals surface area contributed by atoms with Crippen LogP contribution in [-0.2, 0) is 11.2 Å². The number of amides is 1. The first-order valence-corrected chi connectivity index (χ1v) is 12.2. The zero-order valence-corrected chi connectivity index (χ0v) is 20.0. The Morgan fingerprint density at radius 2 is 1.85 bits per heavy atom. The Hall–Kier alpha value is -3.01. The van der Waals surface area contributed by atoms with Crippen LogP contribution in [0.5, 0.6) is 0 Å². The molecule has 0 fully saturated rings. The summed E-state index contributed by atoms with van der Waals surface area (Å²) in [5, 5.41) is 23.7. The molecule has 0 aliphatic heterocycles. The lowest BCUT2D eigenvalue weighted by Crippen LogP contribution is -2.49. The van der Waals surface area contributed by atoms with Crippen molar-refractivity contribution in [2.24, 2.45) is 11.8 Å². The van der Waals surface area contributed by atoms with Gasteiger partial charge in [-0.25, -0.2) is 4.98 Å². The first kappa shape index (κ1) is 24.1. The Labute approximate surface area is 202 Å². The lowest BCUT2D eigenvalue weighted by molar-refractivity contribution is -0.125. The standard InChI is InChI=1S/C25H28BN3O4S/c1-15(2)11-23(26(32)33)29-24(31)16(12-17-14-27-19-8-4-3-7-18(17)19)13-21(30)25-28-20-9-5-6-10-22(20)34-25/h3-10,14-16,23,27,32-33H,11-13H2,1-2H3,(H,29,31)/t16-,23+/m1/s1. The van der Waals surface area contributed by atoms with Gasteiger partial charge in [0.05, 0.1) is 16.2 Å². The lowest BCUT2D eigenvalue weighted by Gasteiger charge is -2.23. The molecule has 0 saturated carbocycles. The number of rotatable bonds is 10. The van der Waals surface area contributed by atoms with Gasteiger partial charge in [0.1, 0.15) is 0 Å². The molecule has 0 aliphatic carbocycles. The predicted octanol–water partition coefficient (Wildman–Crippen LogP) is 3.75. The van der Waals surface area contributed by atoms with Crippen LogP contribution in [0.4, 0.5) is 0 Å². The molecule has 2 atom stereocenters. The number of carbonyl (C=O) groups is 2. The second-order valence-electron chi connectivity index (χ2n) is 9.03. The number of fused-ring (bicyclic) bond motifs is 2. The first-order chi connectivity index (χ1) is 16.3. The van der Waals surface area contributed by atoms with Crippen molar-refractivity contribution in [3.8, 4) is 0 Å². The van der Waals surface area contributed by atoms with Crippen LogP contribution in [0, 0.1) is 11.8 Å². The summed E-state index contributed by atoms with van der Waals surface area (Å²) in [6.45, 7) is 3.89. The quantitative estimate of drug-likeness (QED) is 0.205. The summed E-state index contributed by atoms with van der Waals surface area (Å²) in [7, 11) is -1.68. The molecule has 0 unspecified atom stereocenters. The molecule has 4 N–H and O–H groups in total. The second-order valence-corrected chi connectivity index (χ2v) is 10.1. The Morgan fingerprint density at radius 3 is 2.59 bits per heavy atom. The number of thiazole rings is 1. The fourth-order valence-electron chi connectivity index (χ4n) is 4.19. The summed E-state index contributed by atoms with van der Waals surface area (Å²) < 4.78 is 0.920. The molecule has 9 heteroatoms. The molecule has 0 saturated heterocycles. The van der Waals surface area contributed by atoms with E-state index in [1.807, 2.05) is 68.6 Å². The summed E-state index contributed by atoms with van der Waals surface area (Å²) in [6.07, 6.45) is 2.58. The van der Waals surface area contributed by atoms with Gasteiger partial charge in [0.2, 0.25) is 5.91 Å². The number of aromatic amines is 1. The fraction of sp³-hybridized carbons (Fsp3) is 0.320. The van der Waals surface area contributed by atoms with Gasteiger partial charge in [-0.1, -0.05) is 44.2 Å². The fourth-order valence-corrected chi connectivity index (χ4v) is 5.10. The molecule has 0 spiro atoms. The van der Waals surface area contributed by atoms with Gasteiger partial charge in [0.15, 0.2) is 10.8 Å². The number of H-pyrrole nitrogens is 1. The molecule has 0 radical (unpaired) electrons. The number of aromatic nitrogens is 2. The van der Waals surface area contributed by atoms with Crippen LogP contribution in [0.3, 0.4) is 0 Å². The molecular weight excluding hydrogens is 449 g/mol. The maximum Gasteiger partial charge on any atom is 0.475 e. The highest BCUT2D eigenvalue weighted by atomic mass is 32.1. The van der Waals surface area contributed by atoms with Crippen LogP contribution >= 0.6 is 11.3 Å². The van der Waals surface area contributed by atoms with E-state index in [0.717, 1.165) is 26.7 Å². The molecule has 4 rings (SSSR count). The van der Waals surface area contributed by atoms with E-state index >= 15 is 0 Å². The zero-order chi connectivity index (χ0) is 24.2. The van der Waals surface area contributed by atoms with Crippen molar-refractivity contribution in [1.82, 2.24) is 15.3 Å². The number of Topliss-reactive ketones (excluding diaryl/α,β-unsaturated/α-hetero) is 1. The highest BCUT2D eigenvalue weighted by Crippen LogP contribution is 2.27. The number of para-hydroxylation sites is 2. The van der Waals surface area contributed by atoms with Crippen molar-refractivity contribution in [1.29, 1.82) is 0 Å². The largest absolute Gasteiger partial charge is 0.475 e. The number of benzene rings is 2. The monoisotopic (exact) mass is 477 g/mol. The molecule has 2 aromatic carbocycles.